The summed E-state index contributed by atoms with van der Waals surface area (Å²) in [5, 5.41) is 5.55. The molecule has 9 heteroatoms. The average molecular weight is 376 g/mol. The maximum Gasteiger partial charge on any atom is 0.283 e. The first-order valence-electron chi connectivity index (χ1n) is 7.27. The van der Waals surface area contributed by atoms with Crippen molar-refractivity contribution in [2.45, 2.75) is 6.61 Å². The second kappa shape index (κ2) is 5.94. The molecule has 0 radical (unpaired) electrons. The number of ether oxygens (including phenoxy) is 1. The monoisotopic (exact) mass is 375 g/mol. The Balaban J connectivity index is 1.75. The highest BCUT2D eigenvalue weighted by atomic mass is 35.5. The Labute approximate surface area is 151 Å². The van der Waals surface area contributed by atoms with E-state index in [2.05, 4.69) is 10.1 Å². The molecule has 0 atom stereocenters. The Morgan fingerprint density at radius 2 is 1.96 bits per heavy atom. The van der Waals surface area contributed by atoms with Crippen molar-refractivity contribution in [1.29, 1.82) is 0 Å². The van der Waals surface area contributed by atoms with Crippen molar-refractivity contribution in [1.82, 2.24) is 19.3 Å². The zero-order valence-electron chi connectivity index (χ0n) is 12.7. The molecule has 0 unspecified atom stereocenters. The Morgan fingerprint density at radius 3 is 2.76 bits per heavy atom. The summed E-state index contributed by atoms with van der Waals surface area (Å²) >= 11 is 11.9. The number of para-hydroxylation sites is 1. The standard InChI is InChI=1S/C16H11Cl2N5O2/c17-9-5-6-13(11(18)7-9)25-8-14-21-23-15(24)10-3-1-2-4-12(10)20-16(23)22(14)19/h1-7H,8,19H2. The first-order valence-corrected chi connectivity index (χ1v) is 8.02. The molecule has 7 nitrogen and oxygen atoms in total. The normalized spacial score (nSPS) is 11.3. The van der Waals surface area contributed by atoms with Gasteiger partial charge in [0.05, 0.1) is 15.9 Å². The minimum absolute atomic E-state index is 0.0109. The molecule has 25 heavy (non-hydrogen) atoms. The van der Waals surface area contributed by atoms with E-state index in [9.17, 15) is 4.79 Å². The van der Waals surface area contributed by atoms with Crippen LogP contribution in [-0.2, 0) is 6.61 Å². The third kappa shape index (κ3) is 2.67. The van der Waals surface area contributed by atoms with Gasteiger partial charge in [0.2, 0.25) is 0 Å². The van der Waals surface area contributed by atoms with Gasteiger partial charge in [0.25, 0.3) is 11.3 Å². The quantitative estimate of drug-likeness (QED) is 0.556. The smallest absolute Gasteiger partial charge is 0.283 e. The molecule has 2 heterocycles. The first-order chi connectivity index (χ1) is 12.0. The van der Waals surface area contributed by atoms with Crippen LogP contribution in [0, 0.1) is 0 Å². The van der Waals surface area contributed by atoms with E-state index in [0.717, 1.165) is 4.52 Å². The van der Waals surface area contributed by atoms with Crippen molar-refractivity contribution < 1.29 is 4.74 Å². The van der Waals surface area contributed by atoms with E-state index in [1.54, 1.807) is 42.5 Å². The fourth-order valence-electron chi connectivity index (χ4n) is 2.47. The van der Waals surface area contributed by atoms with Gasteiger partial charge in [-0.3, -0.25) is 4.79 Å². The largest absolute Gasteiger partial charge is 0.484 e. The number of aromatic nitrogens is 4. The molecule has 4 aromatic rings. The number of rotatable bonds is 3. The average Bonchev–Trinajstić information content (AvgIpc) is 2.91. The van der Waals surface area contributed by atoms with E-state index >= 15 is 0 Å². The Hall–Kier alpha value is -2.77. The Kier molecular flexibility index (Phi) is 3.74. The van der Waals surface area contributed by atoms with E-state index < -0.39 is 0 Å². The van der Waals surface area contributed by atoms with Gasteiger partial charge in [0.1, 0.15) is 12.4 Å². The Bertz CT molecular complexity index is 1170. The Morgan fingerprint density at radius 1 is 1.16 bits per heavy atom. The summed E-state index contributed by atoms with van der Waals surface area (Å²) in [6.07, 6.45) is 0. The molecule has 2 N–H and O–H groups in total. The number of fused-ring (bicyclic) bond motifs is 2. The van der Waals surface area contributed by atoms with E-state index in [1.165, 1.54) is 4.68 Å². The summed E-state index contributed by atoms with van der Waals surface area (Å²) in [4.78, 5) is 16.9. The fourth-order valence-corrected chi connectivity index (χ4v) is 2.93. The van der Waals surface area contributed by atoms with Crippen LogP contribution in [-0.4, -0.2) is 19.3 Å². The number of hydrogen-bond donors (Lipinski definition) is 1. The molecule has 2 aromatic carbocycles. The molecular formula is C16H11Cl2N5O2. The van der Waals surface area contributed by atoms with Crippen molar-refractivity contribution in [3.8, 4) is 5.75 Å². The summed E-state index contributed by atoms with van der Waals surface area (Å²) in [6.45, 7) is 0.0109. The molecule has 0 aliphatic carbocycles. The highest BCUT2D eigenvalue weighted by Crippen LogP contribution is 2.28. The summed E-state index contributed by atoms with van der Waals surface area (Å²) in [6, 6.07) is 11.9. The van der Waals surface area contributed by atoms with Crippen LogP contribution in [0.15, 0.2) is 47.3 Å². The predicted octanol–water partition coefficient (Wildman–Crippen LogP) is 2.64. The molecule has 0 spiro atoms. The number of nitrogens with two attached hydrogens (primary N) is 1. The van der Waals surface area contributed by atoms with Crippen molar-refractivity contribution in [3.63, 3.8) is 0 Å². The molecule has 0 saturated heterocycles. The third-order valence-electron chi connectivity index (χ3n) is 3.70. The van der Waals surface area contributed by atoms with E-state index in [-0.39, 0.29) is 17.9 Å². The van der Waals surface area contributed by atoms with Crippen LogP contribution < -0.4 is 16.1 Å². The van der Waals surface area contributed by atoms with E-state index in [4.69, 9.17) is 33.8 Å². The molecule has 0 fully saturated rings. The van der Waals surface area contributed by atoms with Crippen molar-refractivity contribution in [2.75, 3.05) is 5.84 Å². The fraction of sp³-hybridized carbons (Fsp3) is 0.0625. The second-order valence-electron chi connectivity index (χ2n) is 5.30. The summed E-state index contributed by atoms with van der Waals surface area (Å²) in [5.74, 6) is 7.01. The lowest BCUT2D eigenvalue weighted by Gasteiger charge is -2.07. The zero-order chi connectivity index (χ0) is 17.6. The minimum atomic E-state index is -0.296. The number of nitrogen functional groups attached to an aromatic ring is 1. The predicted molar refractivity (Wildman–Crippen MR) is 95.7 cm³/mol. The summed E-state index contributed by atoms with van der Waals surface area (Å²) < 4.78 is 8.01. The van der Waals surface area contributed by atoms with Gasteiger partial charge >= 0.3 is 0 Å². The number of benzene rings is 2. The van der Waals surface area contributed by atoms with Crippen molar-refractivity contribution in [2.24, 2.45) is 0 Å². The summed E-state index contributed by atoms with van der Waals surface area (Å²) in [5.41, 5.74) is 0.253. The highest BCUT2D eigenvalue weighted by Gasteiger charge is 2.15. The molecule has 0 amide bonds. The maximum atomic E-state index is 12.5. The van der Waals surface area contributed by atoms with Gasteiger partial charge in [-0.2, -0.15) is 4.52 Å². The number of hydrogen-bond acceptors (Lipinski definition) is 5. The van der Waals surface area contributed by atoms with Crippen LogP contribution in [0.3, 0.4) is 0 Å². The molecular weight excluding hydrogens is 365 g/mol. The van der Waals surface area contributed by atoms with Crippen LogP contribution in [0.4, 0.5) is 0 Å². The van der Waals surface area contributed by atoms with Crippen LogP contribution in [0.1, 0.15) is 5.82 Å². The molecule has 2 aromatic heterocycles. The molecule has 0 bridgehead atoms. The lowest BCUT2D eigenvalue weighted by Crippen LogP contribution is -2.18. The maximum absolute atomic E-state index is 12.5. The molecule has 0 aliphatic rings. The second-order valence-corrected chi connectivity index (χ2v) is 6.14. The van der Waals surface area contributed by atoms with Gasteiger partial charge in [-0.25, -0.2) is 9.66 Å². The third-order valence-corrected chi connectivity index (χ3v) is 4.23. The minimum Gasteiger partial charge on any atom is -0.484 e. The van der Waals surface area contributed by atoms with Crippen molar-refractivity contribution >= 4 is 39.9 Å². The van der Waals surface area contributed by atoms with Crippen LogP contribution in [0.5, 0.6) is 5.75 Å². The molecule has 126 valence electrons. The summed E-state index contributed by atoms with van der Waals surface area (Å²) in [7, 11) is 0. The topological polar surface area (TPSA) is 87.4 Å². The lowest BCUT2D eigenvalue weighted by molar-refractivity contribution is 0.292. The van der Waals surface area contributed by atoms with Gasteiger partial charge in [-0.05, 0) is 30.3 Å². The zero-order valence-corrected chi connectivity index (χ0v) is 14.2. The van der Waals surface area contributed by atoms with Gasteiger partial charge in [0.15, 0.2) is 5.82 Å². The highest BCUT2D eigenvalue weighted by molar-refractivity contribution is 6.35. The van der Waals surface area contributed by atoms with E-state index in [0.29, 0.717) is 32.5 Å². The van der Waals surface area contributed by atoms with Gasteiger partial charge in [0, 0.05) is 5.02 Å². The van der Waals surface area contributed by atoms with Crippen molar-refractivity contribution in [3.05, 3.63) is 68.7 Å². The molecule has 0 saturated carbocycles. The lowest BCUT2D eigenvalue weighted by atomic mass is 10.2. The van der Waals surface area contributed by atoms with E-state index in [1.807, 2.05) is 0 Å². The molecule has 0 aliphatic heterocycles. The van der Waals surface area contributed by atoms with Crippen LogP contribution in [0.25, 0.3) is 16.7 Å². The number of halogens is 2. The first kappa shape index (κ1) is 15.7. The van der Waals surface area contributed by atoms with Crippen LogP contribution >= 0.6 is 23.2 Å². The van der Waals surface area contributed by atoms with Crippen LogP contribution in [0.2, 0.25) is 10.0 Å². The number of nitrogens with zero attached hydrogens (tertiary/aromatic N) is 4. The van der Waals surface area contributed by atoms with Gasteiger partial charge in [-0.15, -0.1) is 5.10 Å². The molecule has 4 rings (SSSR count). The SMILES string of the molecule is Nn1c(COc2ccc(Cl)cc2Cl)nn2c(=O)c3ccccc3nc12. The van der Waals surface area contributed by atoms with Gasteiger partial charge < -0.3 is 10.6 Å². The van der Waals surface area contributed by atoms with Gasteiger partial charge in [-0.1, -0.05) is 35.3 Å².